The SMILES string of the molecule is NC(c1cnc2ccccc2c1)c1c(F)cc(F)cc1F. The zero-order valence-electron chi connectivity index (χ0n) is 10.9. The van der Waals surface area contributed by atoms with Gasteiger partial charge in [0.05, 0.1) is 11.6 Å². The lowest BCUT2D eigenvalue weighted by Gasteiger charge is -2.15. The summed E-state index contributed by atoms with van der Waals surface area (Å²) in [5, 5.41) is 0.813. The first-order valence-corrected chi connectivity index (χ1v) is 6.31. The van der Waals surface area contributed by atoms with Crippen LogP contribution in [-0.2, 0) is 0 Å². The number of para-hydroxylation sites is 1. The Kier molecular flexibility index (Phi) is 3.35. The third-order valence-electron chi connectivity index (χ3n) is 3.33. The maximum absolute atomic E-state index is 13.8. The van der Waals surface area contributed by atoms with Crippen molar-refractivity contribution < 1.29 is 13.2 Å². The van der Waals surface area contributed by atoms with Crippen LogP contribution in [0.4, 0.5) is 13.2 Å². The number of hydrogen-bond acceptors (Lipinski definition) is 2. The fraction of sp³-hybridized carbons (Fsp3) is 0.0625. The van der Waals surface area contributed by atoms with Gasteiger partial charge in [0.15, 0.2) is 0 Å². The minimum absolute atomic E-state index is 0.367. The Morgan fingerprint density at radius 3 is 2.33 bits per heavy atom. The molecule has 2 nitrogen and oxygen atoms in total. The summed E-state index contributed by atoms with van der Waals surface area (Å²) in [6.07, 6.45) is 1.47. The van der Waals surface area contributed by atoms with Gasteiger partial charge >= 0.3 is 0 Å². The topological polar surface area (TPSA) is 38.9 Å². The maximum Gasteiger partial charge on any atom is 0.134 e. The molecule has 0 amide bonds. The molecule has 3 rings (SSSR count). The van der Waals surface area contributed by atoms with Crippen molar-refractivity contribution in [2.75, 3.05) is 0 Å². The zero-order chi connectivity index (χ0) is 15.0. The smallest absolute Gasteiger partial charge is 0.134 e. The van der Waals surface area contributed by atoms with E-state index in [0.29, 0.717) is 17.7 Å². The van der Waals surface area contributed by atoms with Crippen LogP contribution in [0.3, 0.4) is 0 Å². The van der Waals surface area contributed by atoms with E-state index in [-0.39, 0.29) is 5.56 Å². The van der Waals surface area contributed by atoms with Crippen molar-refractivity contribution in [1.29, 1.82) is 0 Å². The second-order valence-electron chi connectivity index (χ2n) is 4.72. The molecule has 2 N–H and O–H groups in total. The minimum atomic E-state index is -1.05. The number of nitrogens with two attached hydrogens (primary N) is 1. The van der Waals surface area contributed by atoms with E-state index in [1.165, 1.54) is 6.20 Å². The van der Waals surface area contributed by atoms with E-state index >= 15 is 0 Å². The Morgan fingerprint density at radius 2 is 1.62 bits per heavy atom. The molecule has 0 aliphatic rings. The van der Waals surface area contributed by atoms with Crippen LogP contribution in [0.25, 0.3) is 10.9 Å². The van der Waals surface area contributed by atoms with E-state index in [0.717, 1.165) is 10.9 Å². The van der Waals surface area contributed by atoms with Gasteiger partial charge in [0.1, 0.15) is 17.5 Å². The molecule has 0 radical (unpaired) electrons. The minimum Gasteiger partial charge on any atom is -0.320 e. The van der Waals surface area contributed by atoms with Crippen molar-refractivity contribution in [2.45, 2.75) is 6.04 Å². The van der Waals surface area contributed by atoms with Gasteiger partial charge < -0.3 is 5.73 Å². The fourth-order valence-electron chi connectivity index (χ4n) is 2.28. The van der Waals surface area contributed by atoms with Crippen LogP contribution >= 0.6 is 0 Å². The molecule has 1 atom stereocenters. The summed E-state index contributed by atoms with van der Waals surface area (Å²) in [5.74, 6) is -2.99. The first-order valence-electron chi connectivity index (χ1n) is 6.31. The summed E-state index contributed by atoms with van der Waals surface area (Å²) in [7, 11) is 0. The van der Waals surface area contributed by atoms with Gasteiger partial charge in [0, 0.05) is 29.3 Å². The predicted molar refractivity (Wildman–Crippen MR) is 74.1 cm³/mol. The lowest BCUT2D eigenvalue weighted by Crippen LogP contribution is -2.16. The standard InChI is InChI=1S/C16H11F3N2/c17-11-6-12(18)15(13(19)7-11)16(20)10-5-9-3-1-2-4-14(9)21-8-10/h1-8,16H,20H2. The number of fused-ring (bicyclic) bond motifs is 1. The molecule has 0 aliphatic carbocycles. The van der Waals surface area contributed by atoms with Gasteiger partial charge in [-0.2, -0.15) is 0 Å². The molecule has 0 spiro atoms. The first kappa shape index (κ1) is 13.6. The quantitative estimate of drug-likeness (QED) is 0.781. The number of aromatic nitrogens is 1. The van der Waals surface area contributed by atoms with E-state index in [9.17, 15) is 13.2 Å². The number of halogens is 3. The first-order chi connectivity index (χ1) is 10.1. The van der Waals surface area contributed by atoms with Crippen molar-refractivity contribution in [3.05, 3.63) is 77.2 Å². The highest BCUT2D eigenvalue weighted by Crippen LogP contribution is 2.27. The summed E-state index contributed by atoms with van der Waals surface area (Å²) in [6.45, 7) is 0. The van der Waals surface area contributed by atoms with Gasteiger partial charge in [-0.05, 0) is 17.7 Å². The monoisotopic (exact) mass is 288 g/mol. The molecule has 21 heavy (non-hydrogen) atoms. The highest BCUT2D eigenvalue weighted by molar-refractivity contribution is 5.78. The Morgan fingerprint density at radius 1 is 0.952 bits per heavy atom. The van der Waals surface area contributed by atoms with Crippen molar-refractivity contribution >= 4 is 10.9 Å². The Balaban J connectivity index is 2.10. The van der Waals surface area contributed by atoms with E-state index in [2.05, 4.69) is 4.98 Å². The van der Waals surface area contributed by atoms with Crippen LogP contribution in [0.1, 0.15) is 17.2 Å². The van der Waals surface area contributed by atoms with Crippen LogP contribution in [0.5, 0.6) is 0 Å². The van der Waals surface area contributed by atoms with Gasteiger partial charge in [-0.3, -0.25) is 4.98 Å². The molecular formula is C16H11F3N2. The van der Waals surface area contributed by atoms with Gasteiger partial charge in [0.25, 0.3) is 0 Å². The molecule has 0 aliphatic heterocycles. The highest BCUT2D eigenvalue weighted by Gasteiger charge is 2.20. The van der Waals surface area contributed by atoms with Crippen LogP contribution in [-0.4, -0.2) is 4.98 Å². The van der Waals surface area contributed by atoms with Crippen molar-refractivity contribution in [1.82, 2.24) is 4.98 Å². The normalized spacial score (nSPS) is 12.6. The van der Waals surface area contributed by atoms with E-state index in [4.69, 9.17) is 5.73 Å². The van der Waals surface area contributed by atoms with E-state index in [1.54, 1.807) is 6.07 Å². The molecule has 0 saturated carbocycles. The molecule has 2 aromatic carbocycles. The van der Waals surface area contributed by atoms with Crippen molar-refractivity contribution in [3.63, 3.8) is 0 Å². The molecule has 0 saturated heterocycles. The lowest BCUT2D eigenvalue weighted by atomic mass is 9.98. The van der Waals surface area contributed by atoms with Crippen molar-refractivity contribution in [2.24, 2.45) is 5.73 Å². The Labute approximate surface area is 119 Å². The lowest BCUT2D eigenvalue weighted by molar-refractivity contribution is 0.515. The number of pyridine rings is 1. The highest BCUT2D eigenvalue weighted by atomic mass is 19.1. The number of rotatable bonds is 2. The average molecular weight is 288 g/mol. The summed E-state index contributed by atoms with van der Waals surface area (Å²) < 4.78 is 40.5. The zero-order valence-corrected chi connectivity index (χ0v) is 10.9. The summed E-state index contributed by atoms with van der Waals surface area (Å²) >= 11 is 0. The summed E-state index contributed by atoms with van der Waals surface area (Å²) in [4.78, 5) is 4.21. The van der Waals surface area contributed by atoms with Crippen LogP contribution in [0, 0.1) is 17.5 Å². The maximum atomic E-state index is 13.8. The van der Waals surface area contributed by atoms with Crippen LogP contribution in [0.2, 0.25) is 0 Å². The molecule has 1 heterocycles. The second-order valence-corrected chi connectivity index (χ2v) is 4.72. The third kappa shape index (κ3) is 2.48. The molecule has 1 aromatic heterocycles. The van der Waals surface area contributed by atoms with Crippen molar-refractivity contribution in [3.8, 4) is 0 Å². The van der Waals surface area contributed by atoms with Gasteiger partial charge in [-0.1, -0.05) is 18.2 Å². The predicted octanol–water partition coefficient (Wildman–Crippen LogP) is 3.70. The fourth-order valence-corrected chi connectivity index (χ4v) is 2.28. The van der Waals surface area contributed by atoms with Gasteiger partial charge in [-0.15, -0.1) is 0 Å². The summed E-state index contributed by atoms with van der Waals surface area (Å²) in [6, 6.07) is 9.23. The average Bonchev–Trinajstić information content (AvgIpc) is 2.45. The van der Waals surface area contributed by atoms with Gasteiger partial charge in [-0.25, -0.2) is 13.2 Å². The van der Waals surface area contributed by atoms with E-state index in [1.807, 2.05) is 24.3 Å². The van der Waals surface area contributed by atoms with Gasteiger partial charge in [0.2, 0.25) is 0 Å². The number of benzene rings is 2. The second kappa shape index (κ2) is 5.18. The molecule has 106 valence electrons. The molecule has 5 heteroatoms. The Bertz CT molecular complexity index is 794. The van der Waals surface area contributed by atoms with Crippen LogP contribution in [0.15, 0.2) is 48.7 Å². The largest absolute Gasteiger partial charge is 0.320 e. The molecular weight excluding hydrogens is 277 g/mol. The molecule has 1 unspecified atom stereocenters. The summed E-state index contributed by atoms with van der Waals surface area (Å²) in [5.41, 5.74) is 6.76. The molecule has 3 aromatic rings. The third-order valence-corrected chi connectivity index (χ3v) is 3.33. The van der Waals surface area contributed by atoms with E-state index < -0.39 is 23.5 Å². The molecule has 0 fully saturated rings. The number of nitrogens with zero attached hydrogens (tertiary/aromatic N) is 1. The van der Waals surface area contributed by atoms with Crippen LogP contribution < -0.4 is 5.73 Å². The molecule has 0 bridgehead atoms. The number of hydrogen-bond donors (Lipinski definition) is 1. The Hall–Kier alpha value is -2.40.